The predicted octanol–water partition coefficient (Wildman–Crippen LogP) is 4.91. The van der Waals surface area contributed by atoms with Crippen LogP contribution in [0.3, 0.4) is 0 Å². The van der Waals surface area contributed by atoms with Gasteiger partial charge in [0, 0.05) is 0 Å². The molecule has 0 heterocycles. The molecule has 0 N–H and O–H groups in total. The van der Waals surface area contributed by atoms with E-state index in [9.17, 15) is 4.79 Å². The van der Waals surface area contributed by atoms with Crippen molar-refractivity contribution in [3.8, 4) is 5.75 Å². The van der Waals surface area contributed by atoms with Gasteiger partial charge in [-0.1, -0.05) is 38.8 Å². The Morgan fingerprint density at radius 2 is 1.75 bits per heavy atom. The van der Waals surface area contributed by atoms with Gasteiger partial charge in [-0.3, -0.25) is 0 Å². The zero-order chi connectivity index (χ0) is 14.8. The molecule has 3 nitrogen and oxygen atoms in total. The molecule has 0 aromatic heterocycles. The van der Waals surface area contributed by atoms with Crippen molar-refractivity contribution in [3.63, 3.8) is 0 Å². The van der Waals surface area contributed by atoms with Crippen molar-refractivity contribution in [2.75, 3.05) is 6.61 Å². The summed E-state index contributed by atoms with van der Waals surface area (Å²) in [4.78, 5) is 11.5. The lowest BCUT2D eigenvalue weighted by Gasteiger charge is -2.14. The molecular weight excluding hydrogens is 252 g/mol. The number of carbonyl (C=O) groups is 1. The van der Waals surface area contributed by atoms with Crippen molar-refractivity contribution in [2.24, 2.45) is 0 Å². The molecule has 0 bridgehead atoms. The van der Waals surface area contributed by atoms with E-state index in [1.165, 1.54) is 5.56 Å². The highest BCUT2D eigenvalue weighted by Gasteiger charge is 2.13. The standard InChI is InChI=1S/C17H26O3/c1-4-7-10-14-11-9-13-16(15(14)12-8-5-2)20-17(18)19-6-3/h9,11,13H,4-8,10,12H2,1-3H3. The molecule has 0 radical (unpaired) electrons. The lowest BCUT2D eigenvalue weighted by Crippen LogP contribution is -2.12. The van der Waals surface area contributed by atoms with Crippen LogP contribution < -0.4 is 4.74 Å². The number of hydrogen-bond acceptors (Lipinski definition) is 3. The second kappa shape index (κ2) is 9.40. The summed E-state index contributed by atoms with van der Waals surface area (Å²) in [5, 5.41) is 0. The van der Waals surface area contributed by atoms with Crippen molar-refractivity contribution in [3.05, 3.63) is 29.3 Å². The van der Waals surface area contributed by atoms with E-state index in [1.807, 2.05) is 12.1 Å². The van der Waals surface area contributed by atoms with Crippen molar-refractivity contribution in [1.29, 1.82) is 0 Å². The number of rotatable bonds is 8. The number of hydrogen-bond donors (Lipinski definition) is 0. The molecule has 0 aliphatic carbocycles. The molecule has 1 aromatic carbocycles. The van der Waals surface area contributed by atoms with Crippen LogP contribution in [0.5, 0.6) is 5.75 Å². The number of ether oxygens (including phenoxy) is 2. The summed E-state index contributed by atoms with van der Waals surface area (Å²) in [6, 6.07) is 5.95. The SMILES string of the molecule is CCCCc1cccc(OC(=O)OCC)c1CCCC. The maximum atomic E-state index is 11.5. The van der Waals surface area contributed by atoms with Gasteiger partial charge in [0.25, 0.3) is 0 Å². The molecule has 3 heteroatoms. The molecule has 20 heavy (non-hydrogen) atoms. The van der Waals surface area contributed by atoms with E-state index in [0.717, 1.165) is 44.1 Å². The monoisotopic (exact) mass is 278 g/mol. The fourth-order valence-electron chi connectivity index (χ4n) is 2.18. The number of aryl methyl sites for hydroxylation is 1. The first kappa shape index (κ1) is 16.5. The lowest BCUT2D eigenvalue weighted by molar-refractivity contribution is 0.104. The van der Waals surface area contributed by atoms with Crippen LogP contribution in [0.4, 0.5) is 4.79 Å². The van der Waals surface area contributed by atoms with Gasteiger partial charge in [0.1, 0.15) is 5.75 Å². The normalized spacial score (nSPS) is 10.3. The summed E-state index contributed by atoms with van der Waals surface area (Å²) in [5.41, 5.74) is 2.46. The fraction of sp³-hybridized carbons (Fsp3) is 0.588. The van der Waals surface area contributed by atoms with Crippen LogP contribution in [-0.4, -0.2) is 12.8 Å². The molecule has 112 valence electrons. The van der Waals surface area contributed by atoms with Crippen LogP contribution >= 0.6 is 0 Å². The Bertz CT molecular complexity index is 413. The van der Waals surface area contributed by atoms with E-state index in [-0.39, 0.29) is 0 Å². The second-order valence-corrected chi connectivity index (χ2v) is 4.89. The Morgan fingerprint density at radius 1 is 1.05 bits per heavy atom. The summed E-state index contributed by atoms with van der Waals surface area (Å²) < 4.78 is 10.2. The van der Waals surface area contributed by atoms with Gasteiger partial charge in [-0.15, -0.1) is 0 Å². The summed E-state index contributed by atoms with van der Waals surface area (Å²) in [5.74, 6) is 0.658. The maximum Gasteiger partial charge on any atom is 0.513 e. The topological polar surface area (TPSA) is 35.5 Å². The van der Waals surface area contributed by atoms with Gasteiger partial charge in [0.2, 0.25) is 0 Å². The minimum Gasteiger partial charge on any atom is -0.434 e. The average molecular weight is 278 g/mol. The smallest absolute Gasteiger partial charge is 0.434 e. The molecule has 0 amide bonds. The van der Waals surface area contributed by atoms with Crippen LogP contribution in [-0.2, 0) is 17.6 Å². The molecule has 0 spiro atoms. The lowest BCUT2D eigenvalue weighted by atomic mass is 9.97. The molecule has 0 aliphatic rings. The number of benzene rings is 1. The molecule has 0 fully saturated rings. The second-order valence-electron chi connectivity index (χ2n) is 4.89. The van der Waals surface area contributed by atoms with Crippen LogP contribution in [0.1, 0.15) is 57.6 Å². The number of unbranched alkanes of at least 4 members (excludes halogenated alkanes) is 2. The molecule has 0 saturated heterocycles. The van der Waals surface area contributed by atoms with E-state index < -0.39 is 6.16 Å². The van der Waals surface area contributed by atoms with Gasteiger partial charge in [-0.05, 0) is 49.8 Å². The van der Waals surface area contributed by atoms with E-state index in [1.54, 1.807) is 6.92 Å². The van der Waals surface area contributed by atoms with Gasteiger partial charge < -0.3 is 9.47 Å². The third-order valence-electron chi connectivity index (χ3n) is 3.27. The summed E-state index contributed by atoms with van der Waals surface area (Å²) >= 11 is 0. The molecular formula is C17H26O3. The summed E-state index contributed by atoms with van der Waals surface area (Å²) in [6.07, 6.45) is 5.92. The molecule has 0 unspecified atom stereocenters. The first-order valence-corrected chi connectivity index (χ1v) is 7.68. The summed E-state index contributed by atoms with van der Waals surface area (Å²) in [6.45, 7) is 6.46. The molecule has 0 atom stereocenters. The third kappa shape index (κ3) is 5.24. The highest BCUT2D eigenvalue weighted by molar-refractivity contribution is 5.64. The van der Waals surface area contributed by atoms with Crippen LogP contribution in [0.25, 0.3) is 0 Å². The van der Waals surface area contributed by atoms with E-state index in [2.05, 4.69) is 19.9 Å². The number of carbonyl (C=O) groups excluding carboxylic acids is 1. The largest absolute Gasteiger partial charge is 0.513 e. The van der Waals surface area contributed by atoms with Gasteiger partial charge in [-0.2, -0.15) is 0 Å². The Kier molecular flexibility index (Phi) is 7.78. The maximum absolute atomic E-state index is 11.5. The zero-order valence-corrected chi connectivity index (χ0v) is 12.9. The van der Waals surface area contributed by atoms with Crippen molar-refractivity contribution in [2.45, 2.75) is 59.3 Å². The highest BCUT2D eigenvalue weighted by atomic mass is 16.7. The van der Waals surface area contributed by atoms with Crippen LogP contribution in [0.15, 0.2) is 18.2 Å². The molecule has 1 aromatic rings. The Hall–Kier alpha value is -1.51. The minimum atomic E-state index is -0.613. The van der Waals surface area contributed by atoms with E-state index >= 15 is 0 Å². The predicted molar refractivity (Wildman–Crippen MR) is 81.3 cm³/mol. The van der Waals surface area contributed by atoms with Crippen LogP contribution in [0.2, 0.25) is 0 Å². The van der Waals surface area contributed by atoms with Gasteiger partial charge in [-0.25, -0.2) is 4.79 Å². The first-order valence-electron chi connectivity index (χ1n) is 7.68. The van der Waals surface area contributed by atoms with Crippen LogP contribution in [0, 0.1) is 0 Å². The third-order valence-corrected chi connectivity index (χ3v) is 3.27. The van der Waals surface area contributed by atoms with E-state index in [4.69, 9.17) is 9.47 Å². The Balaban J connectivity index is 2.91. The summed E-state index contributed by atoms with van der Waals surface area (Å²) in [7, 11) is 0. The van der Waals surface area contributed by atoms with Crippen molar-refractivity contribution in [1.82, 2.24) is 0 Å². The first-order chi connectivity index (χ1) is 9.72. The minimum absolute atomic E-state index is 0.332. The van der Waals surface area contributed by atoms with Crippen molar-refractivity contribution >= 4 is 6.16 Å². The highest BCUT2D eigenvalue weighted by Crippen LogP contribution is 2.26. The molecule has 1 rings (SSSR count). The van der Waals surface area contributed by atoms with E-state index in [0.29, 0.717) is 12.4 Å². The Labute approximate surface area is 122 Å². The molecule has 0 aliphatic heterocycles. The van der Waals surface area contributed by atoms with Gasteiger partial charge in [0.05, 0.1) is 6.61 Å². The fourth-order valence-corrected chi connectivity index (χ4v) is 2.18. The average Bonchev–Trinajstić information content (AvgIpc) is 2.44. The zero-order valence-electron chi connectivity index (χ0n) is 12.9. The van der Waals surface area contributed by atoms with Gasteiger partial charge >= 0.3 is 6.16 Å². The quantitative estimate of drug-likeness (QED) is 0.501. The molecule has 0 saturated carbocycles. The van der Waals surface area contributed by atoms with Gasteiger partial charge in [0.15, 0.2) is 0 Å². The van der Waals surface area contributed by atoms with Crippen molar-refractivity contribution < 1.29 is 14.3 Å². The Morgan fingerprint density at radius 3 is 2.40 bits per heavy atom.